The first-order valence-electron chi connectivity index (χ1n) is 12.2. The third-order valence-electron chi connectivity index (χ3n) is 6.67. The average Bonchev–Trinajstić information content (AvgIpc) is 3.25. The zero-order valence-electron chi connectivity index (χ0n) is 21.0. The van der Waals surface area contributed by atoms with Crippen molar-refractivity contribution >= 4 is 17.5 Å². The number of ether oxygens (including phenoxy) is 1. The van der Waals surface area contributed by atoms with E-state index in [0.717, 1.165) is 6.20 Å². The number of hydrogen-bond donors (Lipinski definition) is 2. The number of piperidine rings is 1. The molecule has 11 nitrogen and oxygen atoms in total. The number of nitriles is 1. The lowest BCUT2D eigenvalue weighted by Gasteiger charge is -2.39. The summed E-state index contributed by atoms with van der Waals surface area (Å²) in [7, 11) is 0. The van der Waals surface area contributed by atoms with E-state index in [4.69, 9.17) is 4.74 Å². The number of anilines is 2. The summed E-state index contributed by atoms with van der Waals surface area (Å²) in [6, 6.07) is 0.967. The van der Waals surface area contributed by atoms with Crippen molar-refractivity contribution in [2.75, 3.05) is 36.5 Å². The number of alkyl halides is 6. The van der Waals surface area contributed by atoms with Gasteiger partial charge in [0.2, 0.25) is 5.95 Å². The molecule has 0 saturated carbocycles. The molecule has 0 aliphatic carbocycles. The minimum Gasteiger partial charge on any atom is -0.378 e. The van der Waals surface area contributed by atoms with E-state index in [1.54, 1.807) is 10.00 Å². The number of hydrogen-bond acceptors (Lipinski definition) is 9. The fourth-order valence-corrected chi connectivity index (χ4v) is 4.77. The summed E-state index contributed by atoms with van der Waals surface area (Å²) in [5.41, 5.74) is -4.33. The molecule has 2 aliphatic heterocycles. The summed E-state index contributed by atoms with van der Waals surface area (Å²) in [5, 5.41) is 17.4. The largest absolute Gasteiger partial charge is 0.423 e. The fourth-order valence-electron chi connectivity index (χ4n) is 4.77. The number of halogens is 6. The van der Waals surface area contributed by atoms with Gasteiger partial charge in [0.05, 0.1) is 42.1 Å². The molecule has 17 heteroatoms. The summed E-state index contributed by atoms with van der Waals surface area (Å²) >= 11 is 0. The van der Waals surface area contributed by atoms with Gasteiger partial charge in [-0.2, -0.15) is 36.7 Å². The monoisotopic (exact) mass is 574 g/mol. The van der Waals surface area contributed by atoms with Gasteiger partial charge in [-0.25, -0.2) is 15.1 Å². The van der Waals surface area contributed by atoms with Crippen LogP contribution in [-0.4, -0.2) is 75.4 Å². The number of aromatic nitrogens is 4. The van der Waals surface area contributed by atoms with Crippen molar-refractivity contribution in [3.8, 4) is 6.07 Å². The van der Waals surface area contributed by atoms with Crippen LogP contribution in [0, 0.1) is 17.2 Å². The number of nitrogens with zero attached hydrogens (tertiary/aromatic N) is 6. The van der Waals surface area contributed by atoms with E-state index in [-0.39, 0.29) is 25.0 Å². The zero-order chi connectivity index (χ0) is 29.2. The summed E-state index contributed by atoms with van der Waals surface area (Å²) < 4.78 is 83.8. The molecular formula is C23H24F6N8O3. The number of H-pyrrole nitrogens is 1. The highest BCUT2D eigenvalue weighted by molar-refractivity contribution is 5.83. The fraction of sp³-hybridized carbons (Fsp3) is 0.565. The number of carbonyl (C=O) groups is 1. The molecule has 0 aromatic carbocycles. The third kappa shape index (κ3) is 6.27. The maximum absolute atomic E-state index is 13.3. The van der Waals surface area contributed by atoms with Crippen LogP contribution in [0.1, 0.15) is 30.9 Å². The van der Waals surface area contributed by atoms with Crippen molar-refractivity contribution in [2.24, 2.45) is 5.92 Å². The van der Waals surface area contributed by atoms with E-state index in [0.29, 0.717) is 38.3 Å². The van der Waals surface area contributed by atoms with Crippen molar-refractivity contribution in [1.29, 1.82) is 5.26 Å². The number of aromatic amines is 1. The SMILES string of the molecule is CC(COC1CCN(C2CCN(c3ncc(C(F)(F)F)cn3)CC2C#N)C1=O)Nc1cn[nH]c(=O)c1C(F)(F)F. The van der Waals surface area contributed by atoms with E-state index >= 15 is 0 Å². The van der Waals surface area contributed by atoms with Gasteiger partial charge in [0.1, 0.15) is 11.7 Å². The predicted molar refractivity (Wildman–Crippen MR) is 126 cm³/mol. The van der Waals surface area contributed by atoms with E-state index in [1.165, 1.54) is 11.8 Å². The molecule has 0 spiro atoms. The van der Waals surface area contributed by atoms with Gasteiger partial charge in [0.15, 0.2) is 0 Å². The van der Waals surface area contributed by atoms with Crippen molar-refractivity contribution < 1.29 is 35.9 Å². The highest BCUT2D eigenvalue weighted by Crippen LogP contribution is 2.33. The molecule has 2 aromatic heterocycles. The molecule has 4 heterocycles. The highest BCUT2D eigenvalue weighted by atomic mass is 19.4. The van der Waals surface area contributed by atoms with E-state index in [1.807, 2.05) is 0 Å². The molecule has 0 bridgehead atoms. The smallest absolute Gasteiger partial charge is 0.378 e. The number of rotatable bonds is 7. The van der Waals surface area contributed by atoms with Gasteiger partial charge in [-0.15, -0.1) is 0 Å². The number of nitrogens with one attached hydrogen (secondary N) is 2. The van der Waals surface area contributed by atoms with Gasteiger partial charge in [-0.3, -0.25) is 9.59 Å². The van der Waals surface area contributed by atoms with E-state index < -0.39 is 58.8 Å². The van der Waals surface area contributed by atoms with E-state index in [2.05, 4.69) is 26.5 Å². The van der Waals surface area contributed by atoms with Crippen molar-refractivity contribution in [3.63, 3.8) is 0 Å². The zero-order valence-corrected chi connectivity index (χ0v) is 21.0. The van der Waals surface area contributed by atoms with Crippen molar-refractivity contribution in [3.05, 3.63) is 40.1 Å². The summed E-state index contributed by atoms with van der Waals surface area (Å²) in [4.78, 5) is 35.4. The van der Waals surface area contributed by atoms with E-state index in [9.17, 15) is 41.2 Å². The standard InChI is InChI=1S/C23H24F6N8O3/c1-12(34-15-9-33-35-19(38)18(15)23(27,28)29)11-40-17-3-5-37(20(17)39)16-2-4-36(10-13(16)6-30)21-31-7-14(8-32-21)22(24,25)26/h7-9,12-13,16-17H,2-5,10-11H2,1H3,(H2,34,35,38). The van der Waals surface area contributed by atoms with Gasteiger partial charge in [0, 0.05) is 44.5 Å². The van der Waals surface area contributed by atoms with Crippen LogP contribution in [0.3, 0.4) is 0 Å². The molecule has 2 saturated heterocycles. The van der Waals surface area contributed by atoms with Gasteiger partial charge < -0.3 is 19.9 Å². The Morgan fingerprint density at radius 2 is 1.82 bits per heavy atom. The lowest BCUT2D eigenvalue weighted by molar-refractivity contribution is -0.140. The molecule has 2 fully saturated rings. The Balaban J connectivity index is 1.33. The van der Waals surface area contributed by atoms with Gasteiger partial charge in [-0.05, 0) is 13.3 Å². The Kier molecular flexibility index (Phi) is 8.19. The summed E-state index contributed by atoms with van der Waals surface area (Å²) in [5.74, 6) is -0.996. The molecule has 4 rings (SSSR count). The Morgan fingerprint density at radius 1 is 1.12 bits per heavy atom. The second kappa shape index (κ2) is 11.3. The van der Waals surface area contributed by atoms with Crippen LogP contribution >= 0.6 is 0 Å². The van der Waals surface area contributed by atoms with Gasteiger partial charge in [0.25, 0.3) is 11.5 Å². The molecule has 2 aliphatic rings. The van der Waals surface area contributed by atoms with Crippen LogP contribution in [0.25, 0.3) is 0 Å². The van der Waals surface area contributed by atoms with Crippen LogP contribution in [-0.2, 0) is 21.9 Å². The van der Waals surface area contributed by atoms with Crippen LogP contribution < -0.4 is 15.8 Å². The Labute approximate surface area is 223 Å². The Hall–Kier alpha value is -3.94. The lowest BCUT2D eigenvalue weighted by atomic mass is 9.92. The van der Waals surface area contributed by atoms with Crippen LogP contribution in [0.5, 0.6) is 0 Å². The number of carbonyl (C=O) groups excluding carboxylic acids is 1. The third-order valence-corrected chi connectivity index (χ3v) is 6.67. The molecule has 2 aromatic rings. The molecule has 2 N–H and O–H groups in total. The average molecular weight is 574 g/mol. The second-order valence-corrected chi connectivity index (χ2v) is 9.48. The molecule has 1 amide bonds. The minimum absolute atomic E-state index is 0.0476. The lowest BCUT2D eigenvalue weighted by Crippen LogP contribution is -2.52. The predicted octanol–water partition coefficient (Wildman–Crippen LogP) is 2.43. The van der Waals surface area contributed by atoms with Crippen molar-refractivity contribution in [2.45, 2.75) is 50.3 Å². The molecule has 4 atom stereocenters. The maximum atomic E-state index is 13.3. The summed E-state index contributed by atoms with van der Waals surface area (Å²) in [6.07, 6.45) is -7.53. The first-order chi connectivity index (χ1) is 18.8. The molecule has 0 radical (unpaired) electrons. The quantitative estimate of drug-likeness (QED) is 0.477. The highest BCUT2D eigenvalue weighted by Gasteiger charge is 2.43. The van der Waals surface area contributed by atoms with Gasteiger partial charge >= 0.3 is 12.4 Å². The normalized spacial score (nSPS) is 22.8. The van der Waals surface area contributed by atoms with Crippen LogP contribution in [0.4, 0.5) is 38.0 Å². The first kappa shape index (κ1) is 29.1. The first-order valence-corrected chi connectivity index (χ1v) is 12.2. The minimum atomic E-state index is -4.91. The van der Waals surface area contributed by atoms with Crippen LogP contribution in [0.15, 0.2) is 23.4 Å². The van der Waals surface area contributed by atoms with Crippen LogP contribution in [0.2, 0.25) is 0 Å². The number of likely N-dealkylation sites (tertiary alicyclic amines) is 1. The molecular weight excluding hydrogens is 550 g/mol. The second-order valence-electron chi connectivity index (χ2n) is 9.48. The summed E-state index contributed by atoms with van der Waals surface area (Å²) in [6.45, 7) is 2.06. The van der Waals surface area contributed by atoms with Crippen molar-refractivity contribution in [1.82, 2.24) is 25.1 Å². The van der Waals surface area contributed by atoms with Gasteiger partial charge in [-0.1, -0.05) is 0 Å². The topological polar surface area (TPSA) is 140 Å². The number of amides is 1. The Bertz CT molecular complexity index is 1310. The Morgan fingerprint density at radius 3 is 2.45 bits per heavy atom. The maximum Gasteiger partial charge on any atom is 0.423 e. The molecule has 40 heavy (non-hydrogen) atoms. The molecule has 216 valence electrons. The molecule has 4 unspecified atom stereocenters.